The summed E-state index contributed by atoms with van der Waals surface area (Å²) in [7, 11) is 0. The fourth-order valence-corrected chi connectivity index (χ4v) is 3.39. The Morgan fingerprint density at radius 2 is 1.84 bits per heavy atom. The Kier molecular flexibility index (Phi) is 6.05. The second kappa shape index (κ2) is 8.66. The Bertz CT molecular complexity index is 730. The maximum atomic E-state index is 11.1. The van der Waals surface area contributed by atoms with Gasteiger partial charge in [0.05, 0.1) is 0 Å². The topological polar surface area (TPSA) is 20.3 Å². The molecular weight excluding hydrogens is 306 g/mol. The summed E-state index contributed by atoms with van der Waals surface area (Å²) in [5, 5.41) is 0. The molecule has 0 bridgehead atoms. The van der Waals surface area contributed by atoms with Gasteiger partial charge in [-0.15, -0.1) is 0 Å². The lowest BCUT2D eigenvalue weighted by atomic mass is 10.0. The van der Waals surface area contributed by atoms with E-state index in [1.54, 1.807) is 4.90 Å². The zero-order valence-corrected chi connectivity index (χ0v) is 15.1. The molecule has 25 heavy (non-hydrogen) atoms. The van der Waals surface area contributed by atoms with Crippen LogP contribution in [0.15, 0.2) is 48.5 Å². The van der Waals surface area contributed by atoms with Crippen LogP contribution in [0.25, 0.3) is 6.08 Å². The van der Waals surface area contributed by atoms with Crippen LogP contribution in [0, 0.1) is 0 Å². The zero-order chi connectivity index (χ0) is 17.5. The molecule has 0 unspecified atom stereocenters. The fraction of sp³-hybridized carbons (Fsp3) is 0.348. The quantitative estimate of drug-likeness (QED) is 0.480. The second-order valence-corrected chi connectivity index (χ2v) is 6.76. The van der Waals surface area contributed by atoms with E-state index < -0.39 is 0 Å². The van der Waals surface area contributed by atoms with Gasteiger partial charge < -0.3 is 4.90 Å². The lowest BCUT2D eigenvalue weighted by molar-refractivity contribution is -0.107. The Balaban J connectivity index is 1.43. The van der Waals surface area contributed by atoms with Gasteiger partial charge in [0.15, 0.2) is 0 Å². The highest BCUT2D eigenvalue weighted by atomic mass is 16.1. The summed E-state index contributed by atoms with van der Waals surface area (Å²) in [6, 6.07) is 15.4. The smallest absolute Gasteiger partial charge is 0.214 e. The number of benzene rings is 2. The molecule has 0 aromatic heterocycles. The van der Waals surface area contributed by atoms with Crippen molar-refractivity contribution in [2.75, 3.05) is 11.4 Å². The first-order valence-corrected chi connectivity index (χ1v) is 9.39. The summed E-state index contributed by atoms with van der Waals surface area (Å²) >= 11 is 0. The largest absolute Gasteiger partial charge is 0.314 e. The predicted molar refractivity (Wildman–Crippen MR) is 106 cm³/mol. The summed E-state index contributed by atoms with van der Waals surface area (Å²) in [5.74, 6) is 0. The number of allylic oxidation sites excluding steroid dienone is 1. The summed E-state index contributed by atoms with van der Waals surface area (Å²) < 4.78 is 0. The number of unbranched alkanes of at least 4 members (excludes halogenated alkanes) is 2. The highest BCUT2D eigenvalue weighted by Crippen LogP contribution is 2.28. The van der Waals surface area contributed by atoms with Crippen LogP contribution in [0.4, 0.5) is 5.69 Å². The van der Waals surface area contributed by atoms with Crippen molar-refractivity contribution in [3.05, 3.63) is 70.8 Å². The monoisotopic (exact) mass is 333 g/mol. The molecule has 0 radical (unpaired) electrons. The Morgan fingerprint density at radius 3 is 2.60 bits per heavy atom. The third-order valence-corrected chi connectivity index (χ3v) is 5.00. The number of amides is 1. The summed E-state index contributed by atoms with van der Waals surface area (Å²) in [6.45, 7) is 3.00. The number of carbonyl (C=O) groups is 1. The molecule has 0 atom stereocenters. The molecule has 2 nitrogen and oxygen atoms in total. The third kappa shape index (κ3) is 4.60. The van der Waals surface area contributed by atoms with E-state index in [0.29, 0.717) is 0 Å². The van der Waals surface area contributed by atoms with Gasteiger partial charge >= 0.3 is 0 Å². The number of nitrogens with zero attached hydrogens (tertiary/aromatic N) is 1. The van der Waals surface area contributed by atoms with Crippen LogP contribution < -0.4 is 4.90 Å². The molecule has 2 aromatic carbocycles. The van der Waals surface area contributed by atoms with Crippen molar-refractivity contribution in [3.63, 3.8) is 0 Å². The normalized spacial score (nSPS) is 13.4. The Labute approximate surface area is 151 Å². The molecule has 0 saturated heterocycles. The standard InChI is InChI=1S/C23H27NO/c1-2-19-9-11-20(12-10-19)7-5-3-4-6-8-21-13-14-22-15-16-24(18-25)23(22)17-21/h6,8-14,17-18H,2-5,7,15-16H2,1H3/b8-6+. The molecule has 130 valence electrons. The van der Waals surface area contributed by atoms with Gasteiger partial charge in [-0.25, -0.2) is 0 Å². The van der Waals surface area contributed by atoms with Crippen LogP contribution in [0.2, 0.25) is 0 Å². The number of carbonyl (C=O) groups excluding carboxylic acids is 1. The molecule has 0 spiro atoms. The maximum Gasteiger partial charge on any atom is 0.214 e. The Morgan fingerprint density at radius 1 is 1.04 bits per heavy atom. The van der Waals surface area contributed by atoms with E-state index in [-0.39, 0.29) is 0 Å². The maximum absolute atomic E-state index is 11.1. The second-order valence-electron chi connectivity index (χ2n) is 6.76. The van der Waals surface area contributed by atoms with Gasteiger partial charge in [-0.2, -0.15) is 0 Å². The van der Waals surface area contributed by atoms with Crippen LogP contribution in [0.1, 0.15) is 48.4 Å². The molecule has 3 rings (SSSR count). The molecule has 1 heterocycles. The van der Waals surface area contributed by atoms with Crippen LogP contribution >= 0.6 is 0 Å². The van der Waals surface area contributed by atoms with Gasteiger partial charge in [-0.1, -0.05) is 55.5 Å². The number of fused-ring (bicyclic) bond motifs is 1. The van der Waals surface area contributed by atoms with E-state index in [4.69, 9.17) is 0 Å². The van der Waals surface area contributed by atoms with E-state index in [1.165, 1.54) is 35.1 Å². The molecule has 2 aromatic rings. The predicted octanol–water partition coefficient (Wildman–Crippen LogP) is 5.19. The number of hydrogen-bond donors (Lipinski definition) is 0. The molecule has 0 N–H and O–H groups in total. The summed E-state index contributed by atoms with van der Waals surface area (Å²) in [4.78, 5) is 12.9. The van der Waals surface area contributed by atoms with Crippen LogP contribution in [0.5, 0.6) is 0 Å². The Hall–Kier alpha value is -2.35. The minimum absolute atomic E-state index is 0.811. The first-order valence-electron chi connectivity index (χ1n) is 9.39. The van der Waals surface area contributed by atoms with Gasteiger partial charge in [-0.3, -0.25) is 4.79 Å². The fourth-order valence-electron chi connectivity index (χ4n) is 3.39. The molecule has 1 amide bonds. The van der Waals surface area contributed by atoms with Gasteiger partial charge in [0.1, 0.15) is 0 Å². The van der Waals surface area contributed by atoms with Crippen molar-refractivity contribution in [2.45, 2.75) is 45.4 Å². The molecule has 2 heteroatoms. The van der Waals surface area contributed by atoms with Crippen molar-refractivity contribution < 1.29 is 4.79 Å². The van der Waals surface area contributed by atoms with Crippen LogP contribution in [0.3, 0.4) is 0 Å². The van der Waals surface area contributed by atoms with Crippen LogP contribution in [-0.4, -0.2) is 13.0 Å². The van der Waals surface area contributed by atoms with E-state index in [0.717, 1.165) is 44.3 Å². The average Bonchev–Trinajstić information content (AvgIpc) is 3.07. The van der Waals surface area contributed by atoms with E-state index >= 15 is 0 Å². The van der Waals surface area contributed by atoms with Gasteiger partial charge in [-0.05, 0) is 66.8 Å². The van der Waals surface area contributed by atoms with Crippen molar-refractivity contribution in [3.8, 4) is 0 Å². The van der Waals surface area contributed by atoms with E-state index in [2.05, 4.69) is 61.5 Å². The van der Waals surface area contributed by atoms with E-state index in [9.17, 15) is 4.79 Å². The van der Waals surface area contributed by atoms with Gasteiger partial charge in [0.25, 0.3) is 0 Å². The van der Waals surface area contributed by atoms with Crippen molar-refractivity contribution >= 4 is 18.2 Å². The summed E-state index contributed by atoms with van der Waals surface area (Å²) in [5.41, 5.74) is 6.39. The number of hydrogen-bond acceptors (Lipinski definition) is 1. The van der Waals surface area contributed by atoms with Gasteiger partial charge in [0, 0.05) is 12.2 Å². The van der Waals surface area contributed by atoms with Gasteiger partial charge in [0.2, 0.25) is 6.41 Å². The molecular formula is C23H27NO. The summed E-state index contributed by atoms with van der Waals surface area (Å²) in [6.07, 6.45) is 12.1. The van der Waals surface area contributed by atoms with Crippen molar-refractivity contribution in [1.82, 2.24) is 0 Å². The van der Waals surface area contributed by atoms with E-state index in [1.807, 2.05) is 0 Å². The van der Waals surface area contributed by atoms with Crippen molar-refractivity contribution in [2.24, 2.45) is 0 Å². The third-order valence-electron chi connectivity index (χ3n) is 5.00. The lowest BCUT2D eigenvalue weighted by Gasteiger charge is -2.10. The molecule has 0 aliphatic carbocycles. The molecule has 1 aliphatic heterocycles. The SMILES string of the molecule is CCc1ccc(CCCC/C=C/c2ccc3c(c2)N(C=O)CC3)cc1. The number of aryl methyl sites for hydroxylation is 2. The first kappa shape index (κ1) is 17.5. The number of anilines is 1. The highest BCUT2D eigenvalue weighted by molar-refractivity contribution is 5.80. The minimum Gasteiger partial charge on any atom is -0.314 e. The molecule has 1 aliphatic rings. The molecule has 0 saturated carbocycles. The zero-order valence-electron chi connectivity index (χ0n) is 15.1. The van der Waals surface area contributed by atoms with Crippen LogP contribution in [-0.2, 0) is 24.1 Å². The molecule has 0 fully saturated rings. The minimum atomic E-state index is 0.811. The first-order chi connectivity index (χ1) is 12.3. The van der Waals surface area contributed by atoms with Crippen molar-refractivity contribution in [1.29, 1.82) is 0 Å². The number of rotatable bonds is 8. The lowest BCUT2D eigenvalue weighted by Crippen LogP contribution is -2.17. The highest BCUT2D eigenvalue weighted by Gasteiger charge is 2.17. The average molecular weight is 333 g/mol.